The Hall–Kier alpha value is -1.09. The standard InChI is InChI=1S/C13H22N2O8P2/c1-14(8-13(16)17)6-11-2-4-12(5-3-11)7-15(9-24(18,19)20)10-25(21,22)23/h2-5H,6-10H2,1H3,(H,16,17)(H2,18,19,20)(H2,21,22,23). The van der Waals surface area contributed by atoms with E-state index in [0.717, 1.165) is 10.5 Å². The molecule has 0 aromatic heterocycles. The van der Waals surface area contributed by atoms with E-state index in [1.54, 1.807) is 36.2 Å². The lowest BCUT2D eigenvalue weighted by Gasteiger charge is -2.23. The van der Waals surface area contributed by atoms with Crippen molar-refractivity contribution in [2.24, 2.45) is 0 Å². The number of hydrogen-bond acceptors (Lipinski definition) is 5. The maximum atomic E-state index is 11.1. The molecule has 0 heterocycles. The molecule has 12 heteroatoms. The number of carboxylic acids is 1. The summed E-state index contributed by atoms with van der Waals surface area (Å²) >= 11 is 0. The molecule has 10 nitrogen and oxygen atoms in total. The van der Waals surface area contributed by atoms with Gasteiger partial charge in [-0.25, -0.2) is 0 Å². The quantitative estimate of drug-likeness (QED) is 0.348. The van der Waals surface area contributed by atoms with Crippen LogP contribution in [0.5, 0.6) is 0 Å². The average Bonchev–Trinajstić information content (AvgIpc) is 2.35. The topological polar surface area (TPSA) is 159 Å². The van der Waals surface area contributed by atoms with Crippen molar-refractivity contribution in [3.8, 4) is 0 Å². The molecule has 0 aliphatic heterocycles. The summed E-state index contributed by atoms with van der Waals surface area (Å²) in [6.07, 6.45) is -1.53. The summed E-state index contributed by atoms with van der Waals surface area (Å²) in [5.41, 5.74) is 1.45. The third-order valence-corrected chi connectivity index (χ3v) is 4.59. The fraction of sp³-hybridized carbons (Fsp3) is 0.462. The van der Waals surface area contributed by atoms with E-state index in [0.29, 0.717) is 12.1 Å². The fourth-order valence-electron chi connectivity index (χ4n) is 2.27. The van der Waals surface area contributed by atoms with Crippen LogP contribution in [0.4, 0.5) is 0 Å². The summed E-state index contributed by atoms with van der Waals surface area (Å²) in [4.78, 5) is 49.4. The van der Waals surface area contributed by atoms with Crippen LogP contribution in [-0.2, 0) is 27.0 Å². The number of carbonyl (C=O) groups is 1. The number of nitrogens with zero attached hydrogens (tertiary/aromatic N) is 2. The molecule has 0 aliphatic carbocycles. The maximum absolute atomic E-state index is 11.1. The van der Waals surface area contributed by atoms with Crippen molar-refractivity contribution in [3.63, 3.8) is 0 Å². The first-order valence-corrected chi connectivity index (χ1v) is 10.7. The minimum Gasteiger partial charge on any atom is -0.480 e. The van der Waals surface area contributed by atoms with Crippen LogP contribution < -0.4 is 0 Å². The largest absolute Gasteiger partial charge is 0.480 e. The number of benzene rings is 1. The van der Waals surface area contributed by atoms with Crippen molar-refractivity contribution in [1.29, 1.82) is 0 Å². The molecule has 142 valence electrons. The van der Waals surface area contributed by atoms with Gasteiger partial charge in [0.15, 0.2) is 0 Å². The van der Waals surface area contributed by atoms with Crippen LogP contribution in [0, 0.1) is 0 Å². The highest BCUT2D eigenvalue weighted by Crippen LogP contribution is 2.41. The fourth-order valence-corrected chi connectivity index (χ4v) is 3.87. The van der Waals surface area contributed by atoms with Gasteiger partial charge in [-0.2, -0.15) is 0 Å². The molecular weight excluding hydrogens is 374 g/mol. The zero-order valence-corrected chi connectivity index (χ0v) is 15.4. The lowest BCUT2D eigenvalue weighted by molar-refractivity contribution is -0.138. The van der Waals surface area contributed by atoms with Gasteiger partial charge in [0.2, 0.25) is 0 Å². The molecule has 0 saturated carbocycles. The van der Waals surface area contributed by atoms with Gasteiger partial charge >= 0.3 is 21.2 Å². The van der Waals surface area contributed by atoms with Crippen LogP contribution in [0.15, 0.2) is 24.3 Å². The number of rotatable bonds is 10. The molecule has 25 heavy (non-hydrogen) atoms. The highest BCUT2D eigenvalue weighted by atomic mass is 31.2. The summed E-state index contributed by atoms with van der Waals surface area (Å²) < 4.78 is 22.3. The highest BCUT2D eigenvalue weighted by Gasteiger charge is 2.25. The van der Waals surface area contributed by atoms with Crippen molar-refractivity contribution in [3.05, 3.63) is 35.4 Å². The summed E-state index contributed by atoms with van der Waals surface area (Å²) in [7, 11) is -7.28. The van der Waals surface area contributed by atoms with E-state index in [1.165, 1.54) is 0 Å². The zero-order chi connectivity index (χ0) is 19.3. The molecule has 1 rings (SSSR count). The van der Waals surface area contributed by atoms with Crippen LogP contribution in [0.1, 0.15) is 11.1 Å². The first-order valence-electron chi connectivity index (χ1n) is 7.14. The second-order valence-corrected chi connectivity index (χ2v) is 9.05. The highest BCUT2D eigenvalue weighted by molar-refractivity contribution is 7.52. The molecule has 0 saturated heterocycles. The number of hydrogen-bond donors (Lipinski definition) is 5. The van der Waals surface area contributed by atoms with E-state index in [2.05, 4.69) is 0 Å². The molecule has 0 spiro atoms. The number of likely N-dealkylation sites (N-methyl/N-ethyl adjacent to an activating group) is 1. The van der Waals surface area contributed by atoms with Crippen LogP contribution >= 0.6 is 15.2 Å². The van der Waals surface area contributed by atoms with Gasteiger partial charge in [0.1, 0.15) is 12.6 Å². The van der Waals surface area contributed by atoms with Crippen LogP contribution in [0.3, 0.4) is 0 Å². The molecule has 0 fully saturated rings. The van der Waals surface area contributed by atoms with Crippen molar-refractivity contribution in [1.82, 2.24) is 9.80 Å². The van der Waals surface area contributed by atoms with Crippen molar-refractivity contribution in [2.45, 2.75) is 13.1 Å². The van der Waals surface area contributed by atoms with E-state index in [4.69, 9.17) is 24.7 Å². The molecule has 0 aliphatic rings. The average molecular weight is 396 g/mol. The molecule has 5 N–H and O–H groups in total. The summed E-state index contributed by atoms with van der Waals surface area (Å²) in [6, 6.07) is 6.77. The summed E-state index contributed by atoms with van der Waals surface area (Å²) in [6.45, 7) is 0.253. The first-order chi connectivity index (χ1) is 11.3. The predicted octanol–water partition coefficient (Wildman–Crippen LogP) is 0.275. The minimum atomic E-state index is -4.47. The number of carboxylic acid groups (broad SMARTS) is 1. The smallest absolute Gasteiger partial charge is 0.339 e. The molecule has 0 amide bonds. The first kappa shape index (κ1) is 22.0. The Kier molecular flexibility index (Phi) is 7.92. The Labute approximate surface area is 145 Å². The van der Waals surface area contributed by atoms with Crippen LogP contribution in [-0.4, -0.2) is 66.6 Å². The predicted molar refractivity (Wildman–Crippen MR) is 89.8 cm³/mol. The van der Waals surface area contributed by atoms with Gasteiger partial charge in [0.25, 0.3) is 0 Å². The minimum absolute atomic E-state index is 0.0402. The van der Waals surface area contributed by atoms with E-state index < -0.39 is 33.7 Å². The SMILES string of the molecule is CN(CC(=O)O)Cc1ccc(CN(CP(=O)(O)O)CP(=O)(O)O)cc1. The lowest BCUT2D eigenvalue weighted by atomic mass is 10.1. The monoisotopic (exact) mass is 396 g/mol. The van der Waals surface area contributed by atoms with Gasteiger partial charge < -0.3 is 24.7 Å². The summed E-state index contributed by atoms with van der Waals surface area (Å²) in [5, 5.41) is 8.72. The van der Waals surface area contributed by atoms with Crippen molar-refractivity contribution in [2.75, 3.05) is 26.2 Å². The third-order valence-electron chi connectivity index (χ3n) is 3.06. The van der Waals surface area contributed by atoms with Gasteiger partial charge in [0.05, 0.1) is 6.54 Å². The van der Waals surface area contributed by atoms with E-state index in [9.17, 15) is 13.9 Å². The van der Waals surface area contributed by atoms with E-state index in [1.807, 2.05) is 0 Å². The Morgan fingerprint density at radius 1 is 0.920 bits per heavy atom. The van der Waals surface area contributed by atoms with Gasteiger partial charge in [0, 0.05) is 13.1 Å². The molecule has 0 unspecified atom stereocenters. The third kappa shape index (κ3) is 10.5. The molecule has 0 atom stereocenters. The summed E-state index contributed by atoms with van der Waals surface area (Å²) in [5.74, 6) is -0.940. The Morgan fingerprint density at radius 2 is 1.32 bits per heavy atom. The van der Waals surface area contributed by atoms with E-state index in [-0.39, 0.29) is 13.1 Å². The molecule has 1 aromatic rings. The Bertz CT molecular complexity index is 645. The second-order valence-electron chi connectivity index (χ2n) is 5.82. The normalized spacial score (nSPS) is 12.8. The van der Waals surface area contributed by atoms with Gasteiger partial charge in [-0.1, -0.05) is 24.3 Å². The van der Waals surface area contributed by atoms with Crippen molar-refractivity contribution >= 4 is 21.2 Å². The van der Waals surface area contributed by atoms with Gasteiger partial charge in [-0.05, 0) is 18.2 Å². The molecule has 0 radical (unpaired) electrons. The lowest BCUT2D eigenvalue weighted by Crippen LogP contribution is -2.26. The van der Waals surface area contributed by atoms with Gasteiger partial charge in [-0.3, -0.25) is 23.7 Å². The molecule has 1 aromatic carbocycles. The van der Waals surface area contributed by atoms with Gasteiger partial charge in [-0.15, -0.1) is 0 Å². The molecular formula is C13H22N2O8P2. The Balaban J connectivity index is 2.76. The van der Waals surface area contributed by atoms with Crippen LogP contribution in [0.2, 0.25) is 0 Å². The number of aliphatic carboxylic acids is 1. The van der Waals surface area contributed by atoms with Crippen LogP contribution in [0.25, 0.3) is 0 Å². The molecule has 0 bridgehead atoms. The maximum Gasteiger partial charge on any atom is 0.339 e. The van der Waals surface area contributed by atoms with Crippen molar-refractivity contribution < 1.29 is 38.6 Å². The van der Waals surface area contributed by atoms with E-state index >= 15 is 0 Å². The Morgan fingerprint density at radius 3 is 1.68 bits per heavy atom. The second kappa shape index (κ2) is 9.02. The zero-order valence-electron chi connectivity index (χ0n) is 13.6.